The average Bonchev–Trinajstić information content (AvgIpc) is 2.35. The van der Waals surface area contributed by atoms with E-state index < -0.39 is 0 Å². The molecular weight excluding hydrogens is 216 g/mol. The molecule has 1 rings (SSSR count). The summed E-state index contributed by atoms with van der Waals surface area (Å²) in [7, 11) is 1.79. The first-order valence-corrected chi connectivity index (χ1v) is 6.68. The molecule has 102 valence electrons. The molecule has 4 heteroatoms. The minimum absolute atomic E-state index is 0.109. The summed E-state index contributed by atoms with van der Waals surface area (Å²) in [6, 6.07) is 0.403. The Hall–Kier alpha value is -0.160. The van der Waals surface area contributed by atoms with E-state index in [0.29, 0.717) is 6.04 Å². The lowest BCUT2D eigenvalue weighted by atomic mass is 9.95. The van der Waals surface area contributed by atoms with E-state index in [2.05, 4.69) is 31.0 Å². The van der Waals surface area contributed by atoms with Crippen LogP contribution in [0.1, 0.15) is 27.2 Å². The predicted octanol–water partition coefficient (Wildman–Crippen LogP) is 1.11. The van der Waals surface area contributed by atoms with Gasteiger partial charge in [-0.2, -0.15) is 0 Å². The molecule has 0 aromatic carbocycles. The molecule has 1 N–H and O–H groups in total. The Balaban J connectivity index is 2.37. The third kappa shape index (κ3) is 4.92. The van der Waals surface area contributed by atoms with Crippen molar-refractivity contribution in [2.75, 3.05) is 46.5 Å². The Morgan fingerprint density at radius 1 is 1.35 bits per heavy atom. The average molecular weight is 244 g/mol. The molecule has 0 aromatic rings. The minimum Gasteiger partial charge on any atom is -0.379 e. The van der Waals surface area contributed by atoms with E-state index in [-0.39, 0.29) is 5.60 Å². The van der Waals surface area contributed by atoms with Crippen LogP contribution in [0.2, 0.25) is 0 Å². The van der Waals surface area contributed by atoms with E-state index in [0.717, 1.165) is 45.8 Å². The summed E-state index contributed by atoms with van der Waals surface area (Å²) in [5.74, 6) is 0. The topological polar surface area (TPSA) is 33.7 Å². The second-order valence-corrected chi connectivity index (χ2v) is 5.16. The van der Waals surface area contributed by atoms with Crippen LogP contribution in [0.3, 0.4) is 0 Å². The second kappa shape index (κ2) is 7.31. The van der Waals surface area contributed by atoms with Crippen molar-refractivity contribution in [2.24, 2.45) is 0 Å². The predicted molar refractivity (Wildman–Crippen MR) is 70.4 cm³/mol. The van der Waals surface area contributed by atoms with Gasteiger partial charge in [-0.15, -0.1) is 0 Å². The summed E-state index contributed by atoms with van der Waals surface area (Å²) in [5, 5.41) is 3.53. The molecule has 1 fully saturated rings. The molecule has 0 spiro atoms. The molecule has 0 aliphatic carbocycles. The van der Waals surface area contributed by atoms with Crippen LogP contribution in [0.5, 0.6) is 0 Å². The summed E-state index contributed by atoms with van der Waals surface area (Å²) >= 11 is 0. The molecule has 0 radical (unpaired) electrons. The lowest BCUT2D eigenvalue weighted by Gasteiger charge is -2.36. The van der Waals surface area contributed by atoms with Gasteiger partial charge in [-0.1, -0.05) is 6.92 Å². The zero-order valence-electron chi connectivity index (χ0n) is 11.8. The Labute approximate surface area is 106 Å². The Bertz CT molecular complexity index is 204. The number of methoxy groups -OCH3 is 1. The van der Waals surface area contributed by atoms with E-state index in [9.17, 15) is 0 Å². The molecule has 1 atom stereocenters. The standard InChI is InChI=1S/C13H28N2O2/c1-5-14-12(13(2,3)16-4)6-7-15-8-10-17-11-9-15/h12,14H,5-11H2,1-4H3. The number of rotatable bonds is 7. The fourth-order valence-corrected chi connectivity index (χ4v) is 2.22. The highest BCUT2D eigenvalue weighted by Crippen LogP contribution is 2.17. The van der Waals surface area contributed by atoms with E-state index in [1.54, 1.807) is 7.11 Å². The monoisotopic (exact) mass is 244 g/mol. The van der Waals surface area contributed by atoms with Crippen LogP contribution in [0, 0.1) is 0 Å². The van der Waals surface area contributed by atoms with Gasteiger partial charge < -0.3 is 14.8 Å². The van der Waals surface area contributed by atoms with Gasteiger partial charge in [0, 0.05) is 26.2 Å². The van der Waals surface area contributed by atoms with Gasteiger partial charge in [0.25, 0.3) is 0 Å². The third-order valence-corrected chi connectivity index (χ3v) is 3.65. The summed E-state index contributed by atoms with van der Waals surface area (Å²) in [5.41, 5.74) is -0.109. The van der Waals surface area contributed by atoms with Crippen LogP contribution in [0.25, 0.3) is 0 Å². The molecule has 1 unspecified atom stereocenters. The van der Waals surface area contributed by atoms with Crippen LogP contribution >= 0.6 is 0 Å². The quantitative estimate of drug-likeness (QED) is 0.727. The maximum absolute atomic E-state index is 5.59. The maximum atomic E-state index is 5.59. The zero-order valence-corrected chi connectivity index (χ0v) is 11.8. The van der Waals surface area contributed by atoms with Gasteiger partial charge in [0.05, 0.1) is 18.8 Å². The van der Waals surface area contributed by atoms with Crippen LogP contribution in [0.4, 0.5) is 0 Å². The number of likely N-dealkylation sites (N-methyl/N-ethyl adjacent to an activating group) is 1. The van der Waals surface area contributed by atoms with Crippen LogP contribution < -0.4 is 5.32 Å². The van der Waals surface area contributed by atoms with E-state index >= 15 is 0 Å². The highest BCUT2D eigenvalue weighted by Gasteiger charge is 2.28. The largest absolute Gasteiger partial charge is 0.379 e. The highest BCUT2D eigenvalue weighted by molar-refractivity contribution is 4.86. The number of ether oxygens (including phenoxy) is 2. The summed E-state index contributed by atoms with van der Waals surface area (Å²) in [4.78, 5) is 2.47. The van der Waals surface area contributed by atoms with E-state index in [1.807, 2.05) is 0 Å². The van der Waals surface area contributed by atoms with Crippen molar-refractivity contribution in [3.8, 4) is 0 Å². The molecule has 0 saturated carbocycles. The normalized spacial score (nSPS) is 20.5. The van der Waals surface area contributed by atoms with Crippen molar-refractivity contribution in [3.05, 3.63) is 0 Å². The maximum Gasteiger partial charge on any atom is 0.0775 e. The molecule has 1 aliphatic rings. The molecule has 0 bridgehead atoms. The number of hydrogen-bond acceptors (Lipinski definition) is 4. The Morgan fingerprint density at radius 2 is 2.00 bits per heavy atom. The molecule has 1 heterocycles. The number of hydrogen-bond donors (Lipinski definition) is 1. The zero-order chi connectivity index (χ0) is 12.7. The SMILES string of the molecule is CCNC(CCN1CCOCC1)C(C)(C)OC. The van der Waals surface area contributed by atoms with Gasteiger partial charge in [0.15, 0.2) is 0 Å². The van der Waals surface area contributed by atoms with E-state index in [4.69, 9.17) is 9.47 Å². The fourth-order valence-electron chi connectivity index (χ4n) is 2.22. The molecule has 0 amide bonds. The van der Waals surface area contributed by atoms with Crippen molar-refractivity contribution in [3.63, 3.8) is 0 Å². The van der Waals surface area contributed by atoms with Crippen LogP contribution in [-0.4, -0.2) is 63.0 Å². The molecule has 4 nitrogen and oxygen atoms in total. The fraction of sp³-hybridized carbons (Fsp3) is 1.00. The van der Waals surface area contributed by atoms with Crippen molar-refractivity contribution >= 4 is 0 Å². The van der Waals surface area contributed by atoms with Crippen LogP contribution in [0.15, 0.2) is 0 Å². The summed E-state index contributed by atoms with van der Waals surface area (Å²) < 4.78 is 10.9. The lowest BCUT2D eigenvalue weighted by Crippen LogP contribution is -2.50. The van der Waals surface area contributed by atoms with Gasteiger partial charge in [-0.25, -0.2) is 0 Å². The first-order chi connectivity index (χ1) is 8.10. The van der Waals surface area contributed by atoms with E-state index in [1.165, 1.54) is 0 Å². The van der Waals surface area contributed by atoms with Gasteiger partial charge in [0.2, 0.25) is 0 Å². The molecule has 1 aliphatic heterocycles. The molecule has 1 saturated heterocycles. The molecular formula is C13H28N2O2. The first-order valence-electron chi connectivity index (χ1n) is 6.68. The third-order valence-electron chi connectivity index (χ3n) is 3.65. The first kappa shape index (κ1) is 14.9. The minimum atomic E-state index is -0.109. The molecule has 17 heavy (non-hydrogen) atoms. The summed E-state index contributed by atoms with van der Waals surface area (Å²) in [6.07, 6.45) is 1.12. The van der Waals surface area contributed by atoms with Crippen molar-refractivity contribution in [2.45, 2.75) is 38.8 Å². The summed E-state index contributed by atoms with van der Waals surface area (Å²) in [6.45, 7) is 12.4. The van der Waals surface area contributed by atoms with Gasteiger partial charge in [-0.05, 0) is 33.4 Å². The van der Waals surface area contributed by atoms with Gasteiger partial charge >= 0.3 is 0 Å². The molecule has 0 aromatic heterocycles. The highest BCUT2D eigenvalue weighted by atomic mass is 16.5. The van der Waals surface area contributed by atoms with Gasteiger partial charge in [-0.3, -0.25) is 4.90 Å². The van der Waals surface area contributed by atoms with Gasteiger partial charge in [0.1, 0.15) is 0 Å². The lowest BCUT2D eigenvalue weighted by molar-refractivity contribution is -0.0188. The van der Waals surface area contributed by atoms with Crippen molar-refractivity contribution in [1.82, 2.24) is 10.2 Å². The Kier molecular flexibility index (Phi) is 6.41. The van der Waals surface area contributed by atoms with Crippen molar-refractivity contribution in [1.29, 1.82) is 0 Å². The van der Waals surface area contributed by atoms with Crippen LogP contribution in [-0.2, 0) is 9.47 Å². The number of nitrogens with one attached hydrogen (secondary N) is 1. The number of morpholine rings is 1. The van der Waals surface area contributed by atoms with Crippen molar-refractivity contribution < 1.29 is 9.47 Å². The number of nitrogens with zero attached hydrogens (tertiary/aromatic N) is 1. The smallest absolute Gasteiger partial charge is 0.0775 e. The Morgan fingerprint density at radius 3 is 2.53 bits per heavy atom. The second-order valence-electron chi connectivity index (χ2n) is 5.16.